The third-order valence-electron chi connectivity index (χ3n) is 3.80. The number of hydrogen-bond donors (Lipinski definition) is 2. The summed E-state index contributed by atoms with van der Waals surface area (Å²) in [5.74, 6) is -1.06. The Labute approximate surface area is 141 Å². The lowest BCUT2D eigenvalue weighted by atomic mass is 10.1. The third kappa shape index (κ3) is 4.93. The van der Waals surface area contributed by atoms with Crippen LogP contribution in [0.25, 0.3) is 0 Å². The largest absolute Gasteiger partial charge is 0.480 e. The van der Waals surface area contributed by atoms with Crippen molar-refractivity contribution < 1.29 is 14.7 Å². The second-order valence-corrected chi connectivity index (χ2v) is 5.60. The average Bonchev–Trinajstić information content (AvgIpc) is 2.62. The Bertz CT molecular complexity index is 659. The first kappa shape index (κ1) is 17.7. The molecule has 2 aromatic rings. The molecule has 24 heavy (non-hydrogen) atoms. The molecule has 0 aliphatic heterocycles. The van der Waals surface area contributed by atoms with Crippen molar-refractivity contribution in [2.24, 2.45) is 5.73 Å². The molecule has 0 aromatic heterocycles. The number of carbonyl (C=O) groups is 2. The SMILES string of the molecule is N[C@H](CCCCN(C(=O)c1ccccc1)c1ccccc1)C(=O)O. The van der Waals surface area contributed by atoms with Crippen LogP contribution < -0.4 is 10.6 Å². The van der Waals surface area contributed by atoms with Crippen LogP contribution in [0, 0.1) is 0 Å². The number of anilines is 1. The van der Waals surface area contributed by atoms with Gasteiger partial charge in [-0.2, -0.15) is 0 Å². The van der Waals surface area contributed by atoms with Gasteiger partial charge in [0.1, 0.15) is 6.04 Å². The zero-order valence-electron chi connectivity index (χ0n) is 13.5. The molecule has 126 valence electrons. The van der Waals surface area contributed by atoms with Crippen LogP contribution in [0.1, 0.15) is 29.6 Å². The molecule has 2 rings (SSSR count). The standard InChI is InChI=1S/C19H22N2O3/c20-17(19(23)24)13-7-8-14-21(16-11-5-2-6-12-16)18(22)15-9-3-1-4-10-15/h1-6,9-12,17H,7-8,13-14,20H2,(H,23,24)/t17-/m1/s1. The van der Waals surface area contributed by atoms with Gasteiger partial charge in [-0.25, -0.2) is 0 Å². The fraction of sp³-hybridized carbons (Fsp3) is 0.263. The minimum Gasteiger partial charge on any atom is -0.480 e. The quantitative estimate of drug-likeness (QED) is 0.731. The molecule has 0 radical (unpaired) electrons. The van der Waals surface area contributed by atoms with Crippen molar-refractivity contribution >= 4 is 17.6 Å². The molecule has 1 amide bonds. The number of benzene rings is 2. The average molecular weight is 326 g/mol. The molecule has 1 atom stereocenters. The van der Waals surface area contributed by atoms with E-state index < -0.39 is 12.0 Å². The number of amides is 1. The Morgan fingerprint density at radius 3 is 2.12 bits per heavy atom. The molecule has 5 nitrogen and oxygen atoms in total. The van der Waals surface area contributed by atoms with E-state index in [4.69, 9.17) is 10.8 Å². The predicted octanol–water partition coefficient (Wildman–Crippen LogP) is 2.92. The second kappa shape index (κ2) is 8.84. The van der Waals surface area contributed by atoms with Gasteiger partial charge in [-0.05, 0) is 43.5 Å². The van der Waals surface area contributed by atoms with E-state index in [-0.39, 0.29) is 5.91 Å². The Kier molecular flexibility index (Phi) is 6.51. The number of unbranched alkanes of at least 4 members (excludes halogenated alkanes) is 1. The van der Waals surface area contributed by atoms with Crippen molar-refractivity contribution in [3.63, 3.8) is 0 Å². The molecule has 0 saturated carbocycles. The van der Waals surface area contributed by atoms with Crippen LogP contribution in [0.2, 0.25) is 0 Å². The number of nitrogens with two attached hydrogens (primary N) is 1. The van der Waals surface area contributed by atoms with Crippen LogP contribution in [-0.2, 0) is 4.79 Å². The maximum Gasteiger partial charge on any atom is 0.320 e. The maximum absolute atomic E-state index is 12.8. The van der Waals surface area contributed by atoms with E-state index in [1.54, 1.807) is 17.0 Å². The van der Waals surface area contributed by atoms with E-state index in [0.29, 0.717) is 31.4 Å². The highest BCUT2D eigenvalue weighted by molar-refractivity contribution is 6.06. The molecule has 5 heteroatoms. The van der Waals surface area contributed by atoms with E-state index >= 15 is 0 Å². The number of nitrogens with zero attached hydrogens (tertiary/aromatic N) is 1. The summed E-state index contributed by atoms with van der Waals surface area (Å²) in [6.45, 7) is 0.518. The number of carboxylic acid groups (broad SMARTS) is 1. The van der Waals surface area contributed by atoms with Crippen LogP contribution in [0.15, 0.2) is 60.7 Å². The molecule has 0 aliphatic rings. The molecule has 0 unspecified atom stereocenters. The molecule has 0 heterocycles. The van der Waals surface area contributed by atoms with Gasteiger partial charge in [0, 0.05) is 17.8 Å². The molecule has 0 aliphatic carbocycles. The molecule has 0 fully saturated rings. The summed E-state index contributed by atoms with van der Waals surface area (Å²) in [7, 11) is 0. The molecular formula is C19H22N2O3. The van der Waals surface area contributed by atoms with Crippen LogP contribution in [-0.4, -0.2) is 29.6 Å². The summed E-state index contributed by atoms with van der Waals surface area (Å²) in [6.07, 6.45) is 1.74. The molecule has 0 bridgehead atoms. The zero-order valence-corrected chi connectivity index (χ0v) is 13.5. The maximum atomic E-state index is 12.8. The first-order valence-electron chi connectivity index (χ1n) is 8.00. The highest BCUT2D eigenvalue weighted by Gasteiger charge is 2.17. The van der Waals surface area contributed by atoms with Gasteiger partial charge < -0.3 is 15.7 Å². The van der Waals surface area contributed by atoms with Gasteiger partial charge >= 0.3 is 5.97 Å². The van der Waals surface area contributed by atoms with Gasteiger partial charge in [0.05, 0.1) is 0 Å². The Morgan fingerprint density at radius 2 is 1.54 bits per heavy atom. The number of carbonyl (C=O) groups excluding carboxylic acids is 1. The Balaban J connectivity index is 2.04. The summed E-state index contributed by atoms with van der Waals surface area (Å²) >= 11 is 0. The Morgan fingerprint density at radius 1 is 0.958 bits per heavy atom. The van der Waals surface area contributed by atoms with Crippen molar-refractivity contribution in [2.75, 3.05) is 11.4 Å². The number of carboxylic acids is 1. The highest BCUT2D eigenvalue weighted by atomic mass is 16.4. The van der Waals surface area contributed by atoms with Crippen LogP contribution in [0.4, 0.5) is 5.69 Å². The third-order valence-corrected chi connectivity index (χ3v) is 3.80. The van der Waals surface area contributed by atoms with Crippen molar-refractivity contribution in [1.29, 1.82) is 0 Å². The van der Waals surface area contributed by atoms with Crippen LogP contribution in [0.3, 0.4) is 0 Å². The summed E-state index contributed by atoms with van der Waals surface area (Å²) in [6, 6.07) is 17.7. The van der Waals surface area contributed by atoms with Gasteiger partial charge in [-0.1, -0.05) is 36.4 Å². The summed E-state index contributed by atoms with van der Waals surface area (Å²) in [5.41, 5.74) is 6.97. The number of hydrogen-bond acceptors (Lipinski definition) is 3. The van der Waals surface area contributed by atoms with Gasteiger partial charge in [0.2, 0.25) is 0 Å². The molecule has 0 saturated heterocycles. The smallest absolute Gasteiger partial charge is 0.320 e. The molecule has 0 spiro atoms. The summed E-state index contributed by atoms with van der Waals surface area (Å²) in [5, 5.41) is 8.82. The lowest BCUT2D eigenvalue weighted by Gasteiger charge is -2.23. The topological polar surface area (TPSA) is 83.6 Å². The lowest BCUT2D eigenvalue weighted by Crippen LogP contribution is -2.33. The monoisotopic (exact) mass is 326 g/mol. The van der Waals surface area contributed by atoms with Crippen molar-refractivity contribution in [3.8, 4) is 0 Å². The molecule has 3 N–H and O–H groups in total. The van der Waals surface area contributed by atoms with Gasteiger partial charge in [-0.15, -0.1) is 0 Å². The first-order valence-corrected chi connectivity index (χ1v) is 8.00. The van der Waals surface area contributed by atoms with Crippen molar-refractivity contribution in [1.82, 2.24) is 0 Å². The second-order valence-electron chi connectivity index (χ2n) is 5.60. The van der Waals surface area contributed by atoms with E-state index in [1.165, 1.54) is 0 Å². The fourth-order valence-corrected chi connectivity index (χ4v) is 2.45. The minimum absolute atomic E-state index is 0.0654. The van der Waals surface area contributed by atoms with E-state index in [0.717, 1.165) is 5.69 Å². The summed E-state index contributed by atoms with van der Waals surface area (Å²) < 4.78 is 0. The highest BCUT2D eigenvalue weighted by Crippen LogP contribution is 2.18. The number of para-hydroxylation sites is 1. The van der Waals surface area contributed by atoms with E-state index in [1.807, 2.05) is 48.5 Å². The summed E-state index contributed by atoms with van der Waals surface area (Å²) in [4.78, 5) is 25.3. The zero-order chi connectivity index (χ0) is 17.4. The minimum atomic E-state index is -0.990. The predicted molar refractivity (Wildman–Crippen MR) is 94.0 cm³/mol. The Hall–Kier alpha value is -2.66. The number of aliphatic carboxylic acids is 1. The first-order chi connectivity index (χ1) is 11.6. The fourth-order valence-electron chi connectivity index (χ4n) is 2.45. The van der Waals surface area contributed by atoms with Crippen LogP contribution in [0.5, 0.6) is 0 Å². The van der Waals surface area contributed by atoms with Gasteiger partial charge in [-0.3, -0.25) is 9.59 Å². The van der Waals surface area contributed by atoms with E-state index in [9.17, 15) is 9.59 Å². The normalized spacial score (nSPS) is 11.7. The van der Waals surface area contributed by atoms with Gasteiger partial charge in [0.15, 0.2) is 0 Å². The number of rotatable bonds is 8. The van der Waals surface area contributed by atoms with E-state index in [2.05, 4.69) is 0 Å². The van der Waals surface area contributed by atoms with Crippen molar-refractivity contribution in [2.45, 2.75) is 25.3 Å². The van der Waals surface area contributed by atoms with Crippen LogP contribution >= 0.6 is 0 Å². The van der Waals surface area contributed by atoms with Gasteiger partial charge in [0.25, 0.3) is 5.91 Å². The van der Waals surface area contributed by atoms with Crippen molar-refractivity contribution in [3.05, 3.63) is 66.2 Å². The lowest BCUT2D eigenvalue weighted by molar-refractivity contribution is -0.138. The molecule has 2 aromatic carbocycles. The molecular weight excluding hydrogens is 304 g/mol.